The van der Waals surface area contributed by atoms with Gasteiger partial charge in [-0.1, -0.05) is 35.9 Å². The Balaban J connectivity index is 1.94. The lowest BCUT2D eigenvalue weighted by Gasteiger charge is -2.24. The van der Waals surface area contributed by atoms with Crippen molar-refractivity contribution >= 4 is 11.7 Å². The fraction of sp³-hybridized carbons (Fsp3) is 0.188. The van der Waals surface area contributed by atoms with Crippen LogP contribution in [0.15, 0.2) is 42.5 Å². The van der Waals surface area contributed by atoms with Crippen molar-refractivity contribution in [2.45, 2.75) is 19.4 Å². The number of non-ortho nitro benzene ring substituents is 1. The van der Waals surface area contributed by atoms with Gasteiger partial charge in [-0.3, -0.25) is 10.1 Å². The Hall–Kier alpha value is -2.69. The Kier molecular flexibility index (Phi) is 3.17. The Labute approximate surface area is 121 Å². The number of carbonyl (C=O) groups is 1. The topological polar surface area (TPSA) is 69.4 Å². The number of benzene rings is 2. The van der Waals surface area contributed by atoms with Crippen molar-refractivity contribution in [2.24, 2.45) is 0 Å². The maximum absolute atomic E-state index is 12.1. The highest BCUT2D eigenvalue weighted by molar-refractivity contribution is 5.93. The van der Waals surface area contributed by atoms with Crippen LogP contribution in [-0.4, -0.2) is 10.9 Å². The van der Waals surface area contributed by atoms with E-state index in [0.717, 1.165) is 16.7 Å². The van der Waals surface area contributed by atoms with E-state index < -0.39 is 10.9 Å². The summed E-state index contributed by atoms with van der Waals surface area (Å²) >= 11 is 0. The monoisotopic (exact) mass is 283 g/mol. The van der Waals surface area contributed by atoms with Crippen LogP contribution in [0, 0.1) is 17.0 Å². The van der Waals surface area contributed by atoms with Crippen molar-refractivity contribution in [2.75, 3.05) is 0 Å². The maximum Gasteiger partial charge on any atom is 0.339 e. The maximum atomic E-state index is 12.1. The molecule has 0 aliphatic carbocycles. The van der Waals surface area contributed by atoms with Crippen LogP contribution < -0.4 is 0 Å². The number of rotatable bonds is 2. The molecule has 1 aliphatic rings. The molecule has 5 heteroatoms. The molecule has 106 valence electrons. The van der Waals surface area contributed by atoms with E-state index in [2.05, 4.69) is 0 Å². The van der Waals surface area contributed by atoms with Gasteiger partial charge < -0.3 is 4.74 Å². The molecular weight excluding hydrogens is 270 g/mol. The van der Waals surface area contributed by atoms with Gasteiger partial charge in [-0.2, -0.15) is 0 Å². The molecule has 2 aromatic carbocycles. The van der Waals surface area contributed by atoms with Gasteiger partial charge in [-0.05, 0) is 18.1 Å². The van der Waals surface area contributed by atoms with Crippen molar-refractivity contribution in [3.8, 4) is 0 Å². The third kappa shape index (κ3) is 2.50. The van der Waals surface area contributed by atoms with Crippen molar-refractivity contribution in [1.82, 2.24) is 0 Å². The molecule has 1 unspecified atom stereocenters. The summed E-state index contributed by atoms with van der Waals surface area (Å²) in [5.74, 6) is -0.509. The Morgan fingerprint density at radius 3 is 2.57 bits per heavy atom. The zero-order valence-corrected chi connectivity index (χ0v) is 11.4. The second kappa shape index (κ2) is 5.01. The molecule has 0 radical (unpaired) electrons. The molecule has 0 saturated heterocycles. The number of carbonyl (C=O) groups excluding carboxylic acids is 1. The summed E-state index contributed by atoms with van der Waals surface area (Å²) in [6.45, 7) is 1.99. The van der Waals surface area contributed by atoms with Gasteiger partial charge in [0.25, 0.3) is 5.69 Å². The van der Waals surface area contributed by atoms with E-state index in [4.69, 9.17) is 4.74 Å². The minimum Gasteiger partial charge on any atom is -0.454 e. The Morgan fingerprint density at radius 1 is 1.19 bits per heavy atom. The van der Waals surface area contributed by atoms with E-state index in [1.54, 1.807) is 6.07 Å². The van der Waals surface area contributed by atoms with Crippen molar-refractivity contribution in [1.29, 1.82) is 0 Å². The summed E-state index contributed by atoms with van der Waals surface area (Å²) in [4.78, 5) is 22.3. The number of aryl methyl sites for hydroxylation is 1. The summed E-state index contributed by atoms with van der Waals surface area (Å²) in [7, 11) is 0. The van der Waals surface area contributed by atoms with Crippen LogP contribution in [0.5, 0.6) is 0 Å². The number of nitro groups is 1. The molecule has 3 rings (SSSR count). The molecule has 0 saturated carbocycles. The number of hydrogen-bond acceptors (Lipinski definition) is 4. The highest BCUT2D eigenvalue weighted by Crippen LogP contribution is 2.32. The molecule has 1 aliphatic heterocycles. The van der Waals surface area contributed by atoms with Gasteiger partial charge in [0, 0.05) is 18.6 Å². The van der Waals surface area contributed by atoms with Crippen LogP contribution in [-0.2, 0) is 11.2 Å². The van der Waals surface area contributed by atoms with Gasteiger partial charge in [0.1, 0.15) is 6.10 Å². The highest BCUT2D eigenvalue weighted by Gasteiger charge is 2.29. The van der Waals surface area contributed by atoms with E-state index in [-0.39, 0.29) is 17.4 Å². The predicted octanol–water partition coefficient (Wildman–Crippen LogP) is 3.36. The first-order valence-electron chi connectivity index (χ1n) is 6.59. The predicted molar refractivity (Wildman–Crippen MR) is 76.1 cm³/mol. The largest absolute Gasteiger partial charge is 0.454 e. The fourth-order valence-electron chi connectivity index (χ4n) is 2.45. The zero-order valence-electron chi connectivity index (χ0n) is 11.4. The minimum atomic E-state index is -0.514. The Bertz CT molecular complexity index is 722. The van der Waals surface area contributed by atoms with Crippen LogP contribution in [0.2, 0.25) is 0 Å². The molecule has 2 aromatic rings. The number of nitrogens with zero attached hydrogens (tertiary/aromatic N) is 1. The van der Waals surface area contributed by atoms with Gasteiger partial charge in [-0.25, -0.2) is 4.79 Å². The molecular formula is C16H13NO4. The summed E-state index contributed by atoms with van der Waals surface area (Å²) < 4.78 is 5.41. The second-order valence-corrected chi connectivity index (χ2v) is 5.11. The van der Waals surface area contributed by atoms with E-state index in [1.807, 2.05) is 31.2 Å². The van der Waals surface area contributed by atoms with Crippen LogP contribution in [0.25, 0.3) is 0 Å². The average molecular weight is 283 g/mol. The molecule has 5 nitrogen and oxygen atoms in total. The number of esters is 1. The smallest absolute Gasteiger partial charge is 0.339 e. The third-order valence-electron chi connectivity index (χ3n) is 3.63. The Morgan fingerprint density at radius 2 is 1.90 bits per heavy atom. The lowest BCUT2D eigenvalue weighted by Crippen LogP contribution is -2.21. The van der Waals surface area contributed by atoms with Crippen LogP contribution in [0.1, 0.15) is 33.2 Å². The zero-order chi connectivity index (χ0) is 15.0. The van der Waals surface area contributed by atoms with Crippen molar-refractivity contribution in [3.05, 3.63) is 74.8 Å². The number of ether oxygens (including phenoxy) is 1. The van der Waals surface area contributed by atoms with Crippen LogP contribution >= 0.6 is 0 Å². The number of fused-ring (bicyclic) bond motifs is 1. The van der Waals surface area contributed by atoms with Gasteiger partial charge in [0.15, 0.2) is 0 Å². The first-order valence-corrected chi connectivity index (χ1v) is 6.59. The summed E-state index contributed by atoms with van der Waals surface area (Å²) in [5.41, 5.74) is 3.03. The van der Waals surface area contributed by atoms with Gasteiger partial charge in [0.05, 0.1) is 10.5 Å². The molecule has 0 spiro atoms. The van der Waals surface area contributed by atoms with Crippen molar-refractivity contribution < 1.29 is 14.5 Å². The average Bonchev–Trinajstić information content (AvgIpc) is 2.47. The van der Waals surface area contributed by atoms with E-state index in [0.29, 0.717) is 6.42 Å². The van der Waals surface area contributed by atoms with E-state index >= 15 is 0 Å². The lowest BCUT2D eigenvalue weighted by molar-refractivity contribution is -0.384. The third-order valence-corrected chi connectivity index (χ3v) is 3.63. The molecule has 0 amide bonds. The molecule has 1 atom stereocenters. The molecule has 0 aromatic heterocycles. The summed E-state index contributed by atoms with van der Waals surface area (Å²) in [6, 6.07) is 12.1. The van der Waals surface area contributed by atoms with Crippen LogP contribution in [0.4, 0.5) is 5.69 Å². The van der Waals surface area contributed by atoms with E-state index in [9.17, 15) is 14.9 Å². The first kappa shape index (κ1) is 13.3. The minimum absolute atomic E-state index is 0.0977. The molecule has 21 heavy (non-hydrogen) atoms. The van der Waals surface area contributed by atoms with Gasteiger partial charge >= 0.3 is 5.97 Å². The standard InChI is InChI=1S/C16H13NO4/c1-10-2-4-11(5-3-10)15-8-12-6-7-13(17(19)20)9-14(12)16(18)21-15/h2-7,9,15H,8H2,1H3. The molecule has 0 fully saturated rings. The SMILES string of the molecule is Cc1ccc(C2Cc3ccc([N+](=O)[O-])cc3C(=O)O2)cc1. The molecule has 1 heterocycles. The fourth-order valence-corrected chi connectivity index (χ4v) is 2.45. The number of nitro benzene ring substituents is 1. The quantitative estimate of drug-likeness (QED) is 0.481. The lowest BCUT2D eigenvalue weighted by atomic mass is 9.94. The molecule has 0 bridgehead atoms. The van der Waals surface area contributed by atoms with Gasteiger partial charge in [-0.15, -0.1) is 0 Å². The highest BCUT2D eigenvalue weighted by atomic mass is 16.6. The first-order chi connectivity index (χ1) is 10.0. The van der Waals surface area contributed by atoms with Gasteiger partial charge in [0.2, 0.25) is 0 Å². The normalized spacial score (nSPS) is 17.0. The molecule has 0 N–H and O–H groups in total. The summed E-state index contributed by atoms with van der Waals surface area (Å²) in [5, 5.41) is 10.8. The number of cyclic esters (lactones) is 1. The summed E-state index contributed by atoms with van der Waals surface area (Å²) in [6.07, 6.45) is 0.189. The van der Waals surface area contributed by atoms with E-state index in [1.165, 1.54) is 12.1 Å². The van der Waals surface area contributed by atoms with Crippen molar-refractivity contribution in [3.63, 3.8) is 0 Å². The second-order valence-electron chi connectivity index (χ2n) is 5.11. The van der Waals surface area contributed by atoms with Crippen LogP contribution in [0.3, 0.4) is 0 Å². The number of hydrogen-bond donors (Lipinski definition) is 0.